The summed E-state index contributed by atoms with van der Waals surface area (Å²) in [4.78, 5) is 25.4. The van der Waals surface area contributed by atoms with Crippen LogP contribution >= 0.6 is 11.3 Å². The molecule has 4 aromatic rings. The molecule has 150 valence electrons. The molecule has 1 amide bonds. The predicted molar refractivity (Wildman–Crippen MR) is 118 cm³/mol. The highest BCUT2D eigenvalue weighted by Crippen LogP contribution is 2.38. The molecule has 0 saturated carbocycles. The maximum atomic E-state index is 10.9. The smallest absolute Gasteiger partial charge is 0.255 e. The van der Waals surface area contributed by atoms with Gasteiger partial charge in [0, 0.05) is 23.0 Å². The molecule has 3 aromatic heterocycles. The lowest BCUT2D eigenvalue weighted by molar-refractivity contribution is -0.119. The number of hydrogen-bond donors (Lipinski definition) is 2. The van der Waals surface area contributed by atoms with Crippen LogP contribution in [0.5, 0.6) is 5.75 Å². The molecule has 0 aliphatic rings. The lowest BCUT2D eigenvalue weighted by atomic mass is 10.1. The van der Waals surface area contributed by atoms with Gasteiger partial charge in [0.2, 0.25) is 0 Å². The minimum Gasteiger partial charge on any atom is -0.484 e. The first-order chi connectivity index (χ1) is 14.5. The second-order valence-electron chi connectivity index (χ2n) is 6.60. The molecule has 0 saturated heterocycles. The molecule has 0 aliphatic carbocycles. The summed E-state index contributed by atoms with van der Waals surface area (Å²) in [6.45, 7) is 1.79. The van der Waals surface area contributed by atoms with Crippen LogP contribution in [0.1, 0.15) is 5.69 Å². The van der Waals surface area contributed by atoms with Gasteiger partial charge in [0.05, 0.1) is 22.0 Å². The number of thiazole rings is 1. The number of aryl methyl sites for hydroxylation is 1. The highest BCUT2D eigenvalue weighted by Gasteiger charge is 2.16. The van der Waals surface area contributed by atoms with Gasteiger partial charge >= 0.3 is 0 Å². The van der Waals surface area contributed by atoms with Crippen molar-refractivity contribution in [2.75, 3.05) is 12.3 Å². The molecule has 7 nitrogen and oxygen atoms in total. The number of hydrogen-bond acceptors (Lipinski definition) is 7. The van der Waals surface area contributed by atoms with E-state index in [-0.39, 0.29) is 6.61 Å². The Bertz CT molecular complexity index is 1200. The van der Waals surface area contributed by atoms with Crippen LogP contribution in [0.25, 0.3) is 33.1 Å². The number of ether oxygens (including phenoxy) is 1. The number of rotatable bonds is 6. The first kappa shape index (κ1) is 19.5. The Kier molecular flexibility index (Phi) is 5.40. The number of nitrogens with two attached hydrogens (primary N) is 2. The average molecular weight is 417 g/mol. The summed E-state index contributed by atoms with van der Waals surface area (Å²) in [6.07, 6.45) is 1.74. The molecule has 0 atom stereocenters. The van der Waals surface area contributed by atoms with E-state index in [2.05, 4.69) is 15.0 Å². The zero-order valence-corrected chi connectivity index (χ0v) is 17.0. The Balaban J connectivity index is 1.67. The van der Waals surface area contributed by atoms with E-state index in [0.29, 0.717) is 10.9 Å². The molecule has 1 aromatic carbocycles. The van der Waals surface area contributed by atoms with Crippen LogP contribution in [-0.4, -0.2) is 27.5 Å². The van der Waals surface area contributed by atoms with E-state index in [4.69, 9.17) is 16.2 Å². The van der Waals surface area contributed by atoms with E-state index in [9.17, 15) is 4.79 Å². The van der Waals surface area contributed by atoms with Crippen LogP contribution in [0.4, 0.5) is 5.13 Å². The largest absolute Gasteiger partial charge is 0.484 e. The van der Waals surface area contributed by atoms with Gasteiger partial charge in [-0.3, -0.25) is 14.8 Å². The van der Waals surface area contributed by atoms with Crippen LogP contribution in [0.15, 0.2) is 60.8 Å². The molecule has 0 bridgehead atoms. The molecular weight excluding hydrogens is 398 g/mol. The molecule has 4 rings (SSSR count). The summed E-state index contributed by atoms with van der Waals surface area (Å²) in [7, 11) is 0. The summed E-state index contributed by atoms with van der Waals surface area (Å²) in [6, 6.07) is 17.0. The first-order valence-corrected chi connectivity index (χ1v) is 9.99. The number of nitrogen functional groups attached to an aromatic ring is 1. The van der Waals surface area contributed by atoms with E-state index in [0.717, 1.165) is 38.8 Å². The van der Waals surface area contributed by atoms with Crippen LogP contribution in [-0.2, 0) is 4.79 Å². The molecule has 0 radical (unpaired) electrons. The predicted octanol–water partition coefficient (Wildman–Crippen LogP) is 3.69. The zero-order chi connectivity index (χ0) is 21.1. The number of nitrogens with zero attached hydrogens (tertiary/aromatic N) is 3. The van der Waals surface area contributed by atoms with Gasteiger partial charge in [0.25, 0.3) is 5.91 Å². The van der Waals surface area contributed by atoms with Crippen molar-refractivity contribution >= 4 is 22.4 Å². The Morgan fingerprint density at radius 1 is 1.03 bits per heavy atom. The van der Waals surface area contributed by atoms with Gasteiger partial charge in [-0.25, -0.2) is 4.98 Å². The minimum atomic E-state index is -0.519. The van der Waals surface area contributed by atoms with Crippen molar-refractivity contribution in [1.82, 2.24) is 15.0 Å². The highest BCUT2D eigenvalue weighted by molar-refractivity contribution is 7.19. The van der Waals surface area contributed by atoms with Crippen molar-refractivity contribution in [1.29, 1.82) is 0 Å². The minimum absolute atomic E-state index is 0.159. The lowest BCUT2D eigenvalue weighted by Crippen LogP contribution is -2.19. The molecule has 0 aliphatic heterocycles. The summed E-state index contributed by atoms with van der Waals surface area (Å²) in [5, 5.41) is 0.484. The molecule has 0 fully saturated rings. The van der Waals surface area contributed by atoms with Crippen LogP contribution in [0.2, 0.25) is 0 Å². The summed E-state index contributed by atoms with van der Waals surface area (Å²) in [5.74, 6) is 0.0451. The van der Waals surface area contributed by atoms with Gasteiger partial charge in [0.1, 0.15) is 5.75 Å². The Labute approximate surface area is 177 Å². The second-order valence-corrected chi connectivity index (χ2v) is 7.63. The SMILES string of the molecule is Cc1cccc(-c2sc(N)nc2-c2ccnc(-c3ccc(OCC(N)=O)cc3)c2)n1. The second kappa shape index (κ2) is 8.30. The van der Waals surface area contributed by atoms with E-state index >= 15 is 0 Å². The molecule has 8 heteroatoms. The number of pyridine rings is 2. The van der Waals surface area contributed by atoms with Gasteiger partial charge in [-0.1, -0.05) is 17.4 Å². The standard InChI is InChI=1S/C22H19N5O2S/c1-13-3-2-4-17(26-13)21-20(27-22(24)30-21)15-9-10-25-18(11-15)14-5-7-16(8-6-14)29-12-19(23)28/h2-11H,12H2,1H3,(H2,23,28)(H2,24,27). The quantitative estimate of drug-likeness (QED) is 0.494. The summed E-state index contributed by atoms with van der Waals surface area (Å²) in [5.41, 5.74) is 16.3. The van der Waals surface area contributed by atoms with Crippen LogP contribution in [0.3, 0.4) is 0 Å². The zero-order valence-electron chi connectivity index (χ0n) is 16.2. The van der Waals surface area contributed by atoms with Crippen molar-refractivity contribution in [2.24, 2.45) is 5.73 Å². The third-order valence-corrected chi connectivity index (χ3v) is 5.24. The van der Waals surface area contributed by atoms with Crippen LogP contribution < -0.4 is 16.2 Å². The van der Waals surface area contributed by atoms with E-state index in [1.54, 1.807) is 18.3 Å². The molecule has 3 heterocycles. The maximum absolute atomic E-state index is 10.9. The normalized spacial score (nSPS) is 10.7. The van der Waals surface area contributed by atoms with E-state index in [1.165, 1.54) is 11.3 Å². The Morgan fingerprint density at radius 2 is 1.83 bits per heavy atom. The fourth-order valence-electron chi connectivity index (χ4n) is 2.99. The van der Waals surface area contributed by atoms with Crippen molar-refractivity contribution < 1.29 is 9.53 Å². The van der Waals surface area contributed by atoms with Gasteiger partial charge in [-0.2, -0.15) is 0 Å². The van der Waals surface area contributed by atoms with Crippen LogP contribution in [0, 0.1) is 6.92 Å². The van der Waals surface area contributed by atoms with Crippen molar-refractivity contribution in [3.05, 3.63) is 66.5 Å². The number of amides is 1. The van der Waals surface area contributed by atoms with Gasteiger partial charge < -0.3 is 16.2 Å². The molecular formula is C22H19N5O2S. The molecule has 4 N–H and O–H groups in total. The van der Waals surface area contributed by atoms with Crippen molar-refractivity contribution in [2.45, 2.75) is 6.92 Å². The third kappa shape index (κ3) is 4.28. The fraction of sp³-hybridized carbons (Fsp3) is 0.0909. The first-order valence-electron chi connectivity index (χ1n) is 9.18. The van der Waals surface area contributed by atoms with Crippen molar-refractivity contribution in [3.8, 4) is 38.8 Å². The highest BCUT2D eigenvalue weighted by atomic mass is 32.1. The van der Waals surface area contributed by atoms with Crippen molar-refractivity contribution in [3.63, 3.8) is 0 Å². The number of benzene rings is 1. The Morgan fingerprint density at radius 3 is 2.57 bits per heavy atom. The average Bonchev–Trinajstić information content (AvgIpc) is 3.14. The number of aromatic nitrogens is 3. The van der Waals surface area contributed by atoms with E-state index in [1.807, 2.05) is 49.4 Å². The lowest BCUT2D eigenvalue weighted by Gasteiger charge is -2.07. The number of primary amides is 1. The molecule has 0 unspecified atom stereocenters. The summed E-state index contributed by atoms with van der Waals surface area (Å²) >= 11 is 1.41. The maximum Gasteiger partial charge on any atom is 0.255 e. The third-order valence-electron chi connectivity index (χ3n) is 4.33. The van der Waals surface area contributed by atoms with Gasteiger partial charge in [0.15, 0.2) is 11.7 Å². The molecule has 0 spiro atoms. The number of carbonyl (C=O) groups excluding carboxylic acids is 1. The molecule has 30 heavy (non-hydrogen) atoms. The Hall–Kier alpha value is -3.78. The van der Waals surface area contributed by atoms with Gasteiger partial charge in [-0.05, 0) is 55.5 Å². The van der Waals surface area contributed by atoms with Gasteiger partial charge in [-0.15, -0.1) is 0 Å². The fourth-order valence-corrected chi connectivity index (χ4v) is 3.81. The number of carbonyl (C=O) groups is 1. The summed E-state index contributed by atoms with van der Waals surface area (Å²) < 4.78 is 5.30. The monoisotopic (exact) mass is 417 g/mol. The topological polar surface area (TPSA) is 117 Å². The number of anilines is 1. The van der Waals surface area contributed by atoms with E-state index < -0.39 is 5.91 Å².